The molecule has 0 saturated heterocycles. The van der Waals surface area contributed by atoms with Crippen molar-refractivity contribution in [1.82, 2.24) is 4.72 Å². The van der Waals surface area contributed by atoms with Crippen LogP contribution < -0.4 is 4.72 Å². The van der Waals surface area contributed by atoms with Crippen LogP contribution in [-0.2, 0) is 10.0 Å². The van der Waals surface area contributed by atoms with E-state index in [0.29, 0.717) is 24.0 Å². The van der Waals surface area contributed by atoms with Crippen LogP contribution in [-0.4, -0.2) is 14.0 Å². The number of hydrogen-bond donors (Lipinski definition) is 1. The highest BCUT2D eigenvalue weighted by atomic mass is 32.2. The van der Waals surface area contributed by atoms with Crippen LogP contribution in [0.3, 0.4) is 0 Å². The first-order valence-electron chi connectivity index (χ1n) is 6.43. The Morgan fingerprint density at radius 3 is 2.05 bits per heavy atom. The molecular formula is C14H19FN2O2S. The van der Waals surface area contributed by atoms with Crippen LogP contribution in [0.2, 0.25) is 0 Å². The Balaban J connectivity index is 3.36. The minimum Gasteiger partial charge on any atom is -0.207 e. The van der Waals surface area contributed by atoms with Crippen molar-refractivity contribution in [3.63, 3.8) is 0 Å². The maximum absolute atomic E-state index is 13.3. The van der Waals surface area contributed by atoms with E-state index in [0.717, 1.165) is 0 Å². The highest BCUT2D eigenvalue weighted by molar-refractivity contribution is 7.89. The zero-order chi connectivity index (χ0) is 15.6. The number of nitriles is 1. The third-order valence-electron chi connectivity index (χ3n) is 3.44. The van der Waals surface area contributed by atoms with Crippen LogP contribution in [0.15, 0.2) is 17.0 Å². The van der Waals surface area contributed by atoms with Crippen molar-refractivity contribution in [1.29, 1.82) is 5.26 Å². The Bertz CT molecular complexity index is 621. The monoisotopic (exact) mass is 298 g/mol. The Labute approximate surface area is 119 Å². The minimum absolute atomic E-state index is 0.0421. The first-order chi connectivity index (χ1) is 9.21. The second-order valence-corrected chi connectivity index (χ2v) is 6.49. The van der Waals surface area contributed by atoms with Gasteiger partial charge in [0, 0.05) is 0 Å². The molecule has 0 radical (unpaired) electrons. The number of halogens is 1. The number of nitrogens with zero attached hydrogens (tertiary/aromatic N) is 1. The molecule has 0 aliphatic carbocycles. The molecule has 0 aliphatic rings. The quantitative estimate of drug-likeness (QED) is 0.908. The molecule has 0 fully saturated rings. The van der Waals surface area contributed by atoms with Crippen LogP contribution in [0.1, 0.15) is 37.8 Å². The maximum atomic E-state index is 13.3. The zero-order valence-electron chi connectivity index (χ0n) is 12.1. The maximum Gasteiger partial charge on any atom is 0.242 e. The third-order valence-corrected chi connectivity index (χ3v) is 5.29. The van der Waals surface area contributed by atoms with Crippen molar-refractivity contribution in [2.45, 2.75) is 51.0 Å². The fourth-order valence-electron chi connectivity index (χ4n) is 2.20. The van der Waals surface area contributed by atoms with E-state index in [-0.39, 0.29) is 4.90 Å². The summed E-state index contributed by atoms with van der Waals surface area (Å²) >= 11 is 0. The lowest BCUT2D eigenvalue weighted by Crippen LogP contribution is -2.46. The van der Waals surface area contributed by atoms with Gasteiger partial charge in [0.05, 0.1) is 11.0 Å². The Morgan fingerprint density at radius 1 is 1.25 bits per heavy atom. The second-order valence-electron chi connectivity index (χ2n) is 4.88. The second kappa shape index (κ2) is 5.90. The molecule has 0 spiro atoms. The fourth-order valence-corrected chi connectivity index (χ4v) is 4.12. The number of hydrogen-bond acceptors (Lipinski definition) is 3. The number of aryl methyl sites for hydroxylation is 2. The van der Waals surface area contributed by atoms with Gasteiger partial charge in [-0.3, -0.25) is 0 Å². The van der Waals surface area contributed by atoms with Crippen molar-refractivity contribution in [3.8, 4) is 6.07 Å². The highest BCUT2D eigenvalue weighted by Gasteiger charge is 2.33. The molecule has 0 unspecified atom stereocenters. The normalized spacial score (nSPS) is 12.2. The molecule has 0 saturated carbocycles. The molecule has 0 aromatic heterocycles. The predicted molar refractivity (Wildman–Crippen MR) is 75.1 cm³/mol. The average molecular weight is 298 g/mol. The molecule has 110 valence electrons. The molecule has 1 aromatic rings. The van der Waals surface area contributed by atoms with Gasteiger partial charge in [-0.05, 0) is 49.9 Å². The summed E-state index contributed by atoms with van der Waals surface area (Å²) < 4.78 is 40.7. The first-order valence-corrected chi connectivity index (χ1v) is 7.91. The van der Waals surface area contributed by atoms with Gasteiger partial charge in [0.25, 0.3) is 0 Å². The largest absolute Gasteiger partial charge is 0.242 e. The van der Waals surface area contributed by atoms with Gasteiger partial charge in [-0.1, -0.05) is 13.8 Å². The third kappa shape index (κ3) is 3.17. The molecule has 1 rings (SSSR count). The Kier molecular flexibility index (Phi) is 4.90. The molecule has 0 aliphatic heterocycles. The standard InChI is InChI=1S/C14H19FN2O2S/c1-5-14(6-2,9-16)17-20(18,19)13-10(3)7-12(15)8-11(13)4/h7-8,17H,5-6H2,1-4H3. The molecule has 0 atom stereocenters. The summed E-state index contributed by atoms with van der Waals surface area (Å²) in [5.41, 5.74) is -0.477. The molecule has 4 nitrogen and oxygen atoms in total. The summed E-state index contributed by atoms with van der Waals surface area (Å²) in [5, 5.41) is 9.23. The Morgan fingerprint density at radius 2 is 1.70 bits per heavy atom. The van der Waals surface area contributed by atoms with E-state index in [2.05, 4.69) is 4.72 Å². The number of benzene rings is 1. The van der Waals surface area contributed by atoms with Crippen LogP contribution in [0.4, 0.5) is 4.39 Å². The minimum atomic E-state index is -3.87. The van der Waals surface area contributed by atoms with Gasteiger partial charge in [0.1, 0.15) is 11.4 Å². The van der Waals surface area contributed by atoms with E-state index >= 15 is 0 Å². The van der Waals surface area contributed by atoms with Crippen LogP contribution in [0.5, 0.6) is 0 Å². The van der Waals surface area contributed by atoms with Gasteiger partial charge in [-0.15, -0.1) is 0 Å². The number of sulfonamides is 1. The molecule has 20 heavy (non-hydrogen) atoms. The summed E-state index contributed by atoms with van der Waals surface area (Å²) in [6, 6.07) is 4.37. The van der Waals surface area contributed by atoms with Gasteiger partial charge in [0.15, 0.2) is 0 Å². The first kappa shape index (κ1) is 16.6. The van der Waals surface area contributed by atoms with Gasteiger partial charge in [-0.25, -0.2) is 12.8 Å². The summed E-state index contributed by atoms with van der Waals surface area (Å²) in [6.45, 7) is 6.58. The lowest BCUT2D eigenvalue weighted by molar-refractivity contribution is 0.446. The summed E-state index contributed by atoms with van der Waals surface area (Å²) in [6.07, 6.45) is 0.719. The van der Waals surface area contributed by atoms with Crippen molar-refractivity contribution in [2.75, 3.05) is 0 Å². The van der Waals surface area contributed by atoms with Crippen molar-refractivity contribution >= 4 is 10.0 Å². The topological polar surface area (TPSA) is 70.0 Å². The van der Waals surface area contributed by atoms with Crippen molar-refractivity contribution < 1.29 is 12.8 Å². The van der Waals surface area contributed by atoms with E-state index in [4.69, 9.17) is 0 Å². The van der Waals surface area contributed by atoms with Crippen molar-refractivity contribution in [2.24, 2.45) is 0 Å². The summed E-state index contributed by atoms with van der Waals surface area (Å²) in [4.78, 5) is 0.0421. The van der Waals surface area contributed by atoms with Gasteiger partial charge < -0.3 is 0 Å². The SMILES string of the molecule is CCC(C#N)(CC)NS(=O)(=O)c1c(C)cc(F)cc1C. The lowest BCUT2D eigenvalue weighted by Gasteiger charge is -2.25. The number of nitrogens with one attached hydrogen (secondary N) is 1. The van der Waals surface area contributed by atoms with Gasteiger partial charge in [-0.2, -0.15) is 9.98 Å². The summed E-state index contributed by atoms with van der Waals surface area (Å²) in [5.74, 6) is -0.475. The van der Waals surface area contributed by atoms with Crippen LogP contribution >= 0.6 is 0 Å². The molecule has 6 heteroatoms. The van der Waals surface area contributed by atoms with Crippen LogP contribution in [0, 0.1) is 31.0 Å². The lowest BCUT2D eigenvalue weighted by atomic mass is 9.97. The average Bonchev–Trinajstić information content (AvgIpc) is 2.34. The van der Waals surface area contributed by atoms with E-state index in [9.17, 15) is 18.1 Å². The smallest absolute Gasteiger partial charge is 0.207 e. The van der Waals surface area contributed by atoms with Gasteiger partial charge in [0.2, 0.25) is 10.0 Å². The van der Waals surface area contributed by atoms with E-state index in [1.54, 1.807) is 13.8 Å². The molecular weight excluding hydrogens is 279 g/mol. The van der Waals surface area contributed by atoms with E-state index in [1.807, 2.05) is 6.07 Å². The zero-order valence-corrected chi connectivity index (χ0v) is 12.9. The molecule has 1 aromatic carbocycles. The molecule has 0 heterocycles. The van der Waals surface area contributed by atoms with Crippen molar-refractivity contribution in [3.05, 3.63) is 29.1 Å². The molecule has 0 amide bonds. The fraction of sp³-hybridized carbons (Fsp3) is 0.500. The molecule has 0 bridgehead atoms. The van der Waals surface area contributed by atoms with E-state index < -0.39 is 21.4 Å². The van der Waals surface area contributed by atoms with Gasteiger partial charge >= 0.3 is 0 Å². The highest BCUT2D eigenvalue weighted by Crippen LogP contribution is 2.24. The number of rotatable bonds is 5. The molecule has 1 N–H and O–H groups in total. The van der Waals surface area contributed by atoms with Crippen LogP contribution in [0.25, 0.3) is 0 Å². The predicted octanol–water partition coefficient (Wildman–Crippen LogP) is 2.80. The Hall–Kier alpha value is -1.45. The van der Waals surface area contributed by atoms with E-state index in [1.165, 1.54) is 26.0 Å². The summed E-state index contributed by atoms with van der Waals surface area (Å²) in [7, 11) is -3.87.